The van der Waals surface area contributed by atoms with Gasteiger partial charge in [-0.15, -0.1) is 0 Å². The lowest BCUT2D eigenvalue weighted by Gasteiger charge is -2.41. The molecule has 1 N–H and O–H groups in total. The summed E-state index contributed by atoms with van der Waals surface area (Å²) < 4.78 is 11.2. The molecule has 14 heavy (non-hydrogen) atoms. The van der Waals surface area contributed by atoms with E-state index in [-0.39, 0.29) is 6.10 Å². The van der Waals surface area contributed by atoms with Crippen molar-refractivity contribution in [2.45, 2.75) is 49.9 Å². The van der Waals surface area contributed by atoms with Crippen LogP contribution in [0.15, 0.2) is 0 Å². The Morgan fingerprint density at radius 1 is 1.14 bits per heavy atom. The van der Waals surface area contributed by atoms with Gasteiger partial charge in [0.1, 0.15) is 0 Å². The first kappa shape index (κ1) is 9.13. The molecule has 3 heterocycles. The van der Waals surface area contributed by atoms with Crippen LogP contribution in [0.4, 0.5) is 0 Å². The Bertz CT molecular complexity index is 221. The van der Waals surface area contributed by atoms with Crippen molar-refractivity contribution in [3.8, 4) is 0 Å². The van der Waals surface area contributed by atoms with Crippen molar-refractivity contribution >= 4 is 0 Å². The first-order chi connectivity index (χ1) is 6.79. The topological polar surface area (TPSA) is 38.7 Å². The van der Waals surface area contributed by atoms with Crippen LogP contribution >= 0.6 is 0 Å². The van der Waals surface area contributed by atoms with Gasteiger partial charge in [0.25, 0.3) is 0 Å². The maximum absolute atomic E-state index is 10.7. The average molecular weight is 198 g/mol. The molecule has 3 aliphatic heterocycles. The van der Waals surface area contributed by atoms with Crippen LogP contribution in [0.2, 0.25) is 0 Å². The lowest BCUT2D eigenvalue weighted by atomic mass is 9.78. The predicted molar refractivity (Wildman–Crippen MR) is 51.0 cm³/mol. The molecule has 0 aromatic heterocycles. The summed E-state index contributed by atoms with van der Waals surface area (Å²) in [6.07, 6.45) is 5.65. The third kappa shape index (κ3) is 1.23. The predicted octanol–water partition coefficient (Wildman–Crippen LogP) is 1.10. The van der Waals surface area contributed by atoms with E-state index >= 15 is 0 Å². The van der Waals surface area contributed by atoms with Crippen LogP contribution < -0.4 is 0 Å². The van der Waals surface area contributed by atoms with Gasteiger partial charge in [0.2, 0.25) is 0 Å². The highest BCUT2D eigenvalue weighted by atomic mass is 16.5. The van der Waals surface area contributed by atoms with Gasteiger partial charge in [-0.25, -0.2) is 0 Å². The van der Waals surface area contributed by atoms with Gasteiger partial charge in [0.15, 0.2) is 0 Å². The van der Waals surface area contributed by atoms with Crippen LogP contribution in [0.1, 0.15) is 32.1 Å². The summed E-state index contributed by atoms with van der Waals surface area (Å²) in [5.41, 5.74) is -0.580. The Labute approximate surface area is 84.4 Å². The van der Waals surface area contributed by atoms with Crippen LogP contribution in [0, 0.1) is 5.92 Å². The maximum Gasteiger partial charge on any atom is 0.0960 e. The zero-order chi connectivity index (χ0) is 9.60. The summed E-state index contributed by atoms with van der Waals surface area (Å²) in [6.45, 7) is 1.53. The molecule has 0 amide bonds. The van der Waals surface area contributed by atoms with E-state index in [0.29, 0.717) is 12.0 Å². The van der Waals surface area contributed by atoms with Crippen molar-refractivity contribution in [2.75, 3.05) is 13.2 Å². The van der Waals surface area contributed by atoms with Crippen LogP contribution in [-0.2, 0) is 9.47 Å². The first-order valence-electron chi connectivity index (χ1n) is 5.74. The molecule has 4 unspecified atom stereocenters. The minimum Gasteiger partial charge on any atom is -0.387 e. The van der Waals surface area contributed by atoms with E-state index in [4.69, 9.17) is 9.47 Å². The summed E-state index contributed by atoms with van der Waals surface area (Å²) in [5.74, 6) is 0.312. The quantitative estimate of drug-likeness (QED) is 0.685. The molecule has 0 aliphatic carbocycles. The highest BCUT2D eigenvalue weighted by Crippen LogP contribution is 2.44. The molecule has 2 bridgehead atoms. The monoisotopic (exact) mass is 198 g/mol. The van der Waals surface area contributed by atoms with Crippen molar-refractivity contribution in [3.05, 3.63) is 0 Å². The molecule has 3 saturated heterocycles. The Balaban J connectivity index is 1.80. The lowest BCUT2D eigenvalue weighted by Crippen LogP contribution is -2.51. The summed E-state index contributed by atoms with van der Waals surface area (Å²) in [6, 6.07) is 0. The fourth-order valence-electron chi connectivity index (χ4n) is 3.23. The number of aliphatic hydroxyl groups is 1. The van der Waals surface area contributed by atoms with Gasteiger partial charge < -0.3 is 14.6 Å². The Hall–Kier alpha value is -0.120. The van der Waals surface area contributed by atoms with E-state index in [0.717, 1.165) is 45.3 Å². The van der Waals surface area contributed by atoms with E-state index in [1.54, 1.807) is 0 Å². The second-order valence-electron chi connectivity index (χ2n) is 4.91. The van der Waals surface area contributed by atoms with Crippen molar-refractivity contribution in [3.63, 3.8) is 0 Å². The summed E-state index contributed by atoms with van der Waals surface area (Å²) in [4.78, 5) is 0. The summed E-state index contributed by atoms with van der Waals surface area (Å²) in [5, 5.41) is 10.7. The molecule has 0 spiro atoms. The molecule has 80 valence electrons. The molecule has 3 heteroatoms. The molecule has 3 aliphatic rings. The number of rotatable bonds is 1. The smallest absolute Gasteiger partial charge is 0.0960 e. The summed E-state index contributed by atoms with van der Waals surface area (Å²) >= 11 is 0. The normalized spacial score (nSPS) is 52.5. The van der Waals surface area contributed by atoms with Gasteiger partial charge in [0.05, 0.1) is 24.4 Å². The SMILES string of the molecule is OC1(C2CCOC2)CCC2CCC1O2. The minimum atomic E-state index is -0.580. The van der Waals surface area contributed by atoms with Gasteiger partial charge in [-0.2, -0.15) is 0 Å². The molecule has 0 aromatic rings. The lowest BCUT2D eigenvalue weighted by molar-refractivity contribution is -0.170. The molecular weight excluding hydrogens is 180 g/mol. The average Bonchev–Trinajstić information content (AvgIpc) is 2.84. The van der Waals surface area contributed by atoms with E-state index in [9.17, 15) is 5.11 Å². The Kier molecular flexibility index (Phi) is 2.08. The summed E-state index contributed by atoms with van der Waals surface area (Å²) in [7, 11) is 0. The standard InChI is InChI=1S/C11H18O3/c12-11(8-4-6-13-7-8)5-3-9-1-2-10(11)14-9/h8-10,12H,1-7H2. The van der Waals surface area contributed by atoms with Gasteiger partial charge in [-0.1, -0.05) is 0 Å². The molecule has 0 aromatic carbocycles. The Morgan fingerprint density at radius 2 is 2.07 bits per heavy atom. The van der Waals surface area contributed by atoms with E-state index in [2.05, 4.69) is 0 Å². The molecule has 0 radical (unpaired) electrons. The van der Waals surface area contributed by atoms with Crippen molar-refractivity contribution in [1.82, 2.24) is 0 Å². The van der Waals surface area contributed by atoms with Crippen LogP contribution in [0.25, 0.3) is 0 Å². The zero-order valence-corrected chi connectivity index (χ0v) is 8.45. The largest absolute Gasteiger partial charge is 0.387 e. The highest BCUT2D eigenvalue weighted by molar-refractivity contribution is 5.01. The molecule has 3 nitrogen and oxygen atoms in total. The van der Waals surface area contributed by atoms with Gasteiger partial charge in [0, 0.05) is 12.5 Å². The van der Waals surface area contributed by atoms with Crippen molar-refractivity contribution < 1.29 is 14.6 Å². The number of hydrogen-bond acceptors (Lipinski definition) is 3. The Morgan fingerprint density at radius 3 is 2.86 bits per heavy atom. The fourth-order valence-corrected chi connectivity index (χ4v) is 3.23. The number of ether oxygens (including phenoxy) is 2. The van der Waals surface area contributed by atoms with Gasteiger partial charge in [-0.05, 0) is 32.1 Å². The highest BCUT2D eigenvalue weighted by Gasteiger charge is 2.51. The van der Waals surface area contributed by atoms with Gasteiger partial charge in [-0.3, -0.25) is 0 Å². The van der Waals surface area contributed by atoms with Gasteiger partial charge >= 0.3 is 0 Å². The zero-order valence-electron chi connectivity index (χ0n) is 8.45. The number of hydrogen-bond donors (Lipinski definition) is 1. The van der Waals surface area contributed by atoms with E-state index in [1.807, 2.05) is 0 Å². The van der Waals surface area contributed by atoms with Crippen LogP contribution in [-0.4, -0.2) is 36.1 Å². The fraction of sp³-hybridized carbons (Fsp3) is 1.00. The van der Waals surface area contributed by atoms with Crippen LogP contribution in [0.5, 0.6) is 0 Å². The maximum atomic E-state index is 10.7. The van der Waals surface area contributed by atoms with Crippen LogP contribution in [0.3, 0.4) is 0 Å². The second-order valence-corrected chi connectivity index (χ2v) is 4.91. The molecular formula is C11H18O3. The molecule has 0 saturated carbocycles. The second kappa shape index (κ2) is 3.19. The number of fused-ring (bicyclic) bond motifs is 2. The van der Waals surface area contributed by atoms with E-state index < -0.39 is 5.60 Å². The van der Waals surface area contributed by atoms with Crippen molar-refractivity contribution in [2.24, 2.45) is 5.92 Å². The van der Waals surface area contributed by atoms with E-state index in [1.165, 1.54) is 0 Å². The minimum absolute atomic E-state index is 0.0907. The molecule has 3 fully saturated rings. The molecule has 4 atom stereocenters. The molecule has 3 rings (SSSR count). The van der Waals surface area contributed by atoms with Crippen molar-refractivity contribution in [1.29, 1.82) is 0 Å². The third-order valence-electron chi connectivity index (χ3n) is 4.17. The first-order valence-corrected chi connectivity index (χ1v) is 5.74. The third-order valence-corrected chi connectivity index (χ3v) is 4.17.